The van der Waals surface area contributed by atoms with E-state index in [2.05, 4.69) is 42.4 Å². The summed E-state index contributed by atoms with van der Waals surface area (Å²) in [5.74, 6) is 0. The van der Waals surface area contributed by atoms with Gasteiger partial charge in [-0.1, -0.05) is 6.92 Å². The second-order valence-electron chi connectivity index (χ2n) is 4.83. The van der Waals surface area contributed by atoms with Crippen LogP contribution in [0.15, 0.2) is 11.4 Å². The van der Waals surface area contributed by atoms with Crippen molar-refractivity contribution in [3.05, 3.63) is 21.9 Å². The van der Waals surface area contributed by atoms with Crippen LogP contribution in [0.1, 0.15) is 30.7 Å². The van der Waals surface area contributed by atoms with Gasteiger partial charge >= 0.3 is 0 Å². The monoisotopic (exact) mass is 238 g/mol. The molecule has 1 fully saturated rings. The third-order valence-electron chi connectivity index (χ3n) is 3.51. The first-order valence-electron chi connectivity index (χ1n) is 6.21. The Morgan fingerprint density at radius 1 is 1.56 bits per heavy atom. The van der Waals surface area contributed by atoms with E-state index in [0.29, 0.717) is 12.1 Å². The summed E-state index contributed by atoms with van der Waals surface area (Å²) in [6, 6.07) is 3.56. The zero-order chi connectivity index (χ0) is 11.5. The molecule has 1 saturated heterocycles. The first-order chi connectivity index (χ1) is 7.70. The average molecular weight is 238 g/mol. The summed E-state index contributed by atoms with van der Waals surface area (Å²) in [5.41, 5.74) is 1.45. The van der Waals surface area contributed by atoms with Crippen molar-refractivity contribution in [2.24, 2.45) is 0 Å². The highest BCUT2D eigenvalue weighted by Crippen LogP contribution is 2.21. The van der Waals surface area contributed by atoms with Gasteiger partial charge in [-0.3, -0.25) is 4.90 Å². The van der Waals surface area contributed by atoms with Gasteiger partial charge in [0.1, 0.15) is 0 Å². The molecule has 2 nitrogen and oxygen atoms in total. The predicted molar refractivity (Wildman–Crippen MR) is 71.0 cm³/mol. The lowest BCUT2D eigenvalue weighted by atomic mass is 10.1. The van der Waals surface area contributed by atoms with Gasteiger partial charge in [-0.2, -0.15) is 0 Å². The topological polar surface area (TPSA) is 15.3 Å². The van der Waals surface area contributed by atoms with Gasteiger partial charge in [0, 0.05) is 36.6 Å². The maximum atomic E-state index is 3.57. The van der Waals surface area contributed by atoms with E-state index in [1.807, 2.05) is 11.3 Å². The smallest absolute Gasteiger partial charge is 0.0334 e. The van der Waals surface area contributed by atoms with Gasteiger partial charge < -0.3 is 5.32 Å². The van der Waals surface area contributed by atoms with Gasteiger partial charge in [-0.15, -0.1) is 11.3 Å². The van der Waals surface area contributed by atoms with Crippen LogP contribution in [0.4, 0.5) is 0 Å². The maximum Gasteiger partial charge on any atom is 0.0334 e. The molecule has 0 aliphatic carbocycles. The fourth-order valence-corrected chi connectivity index (χ4v) is 3.31. The van der Waals surface area contributed by atoms with Crippen molar-refractivity contribution in [1.29, 1.82) is 0 Å². The lowest BCUT2D eigenvalue weighted by Crippen LogP contribution is -2.54. The minimum atomic E-state index is 0.628. The third-order valence-corrected chi connectivity index (χ3v) is 4.52. The summed E-state index contributed by atoms with van der Waals surface area (Å²) in [6.45, 7) is 10.2. The van der Waals surface area contributed by atoms with Crippen LogP contribution >= 0.6 is 11.3 Å². The van der Waals surface area contributed by atoms with E-state index in [0.717, 1.165) is 13.1 Å². The first-order valence-corrected chi connectivity index (χ1v) is 7.09. The van der Waals surface area contributed by atoms with Crippen LogP contribution in [0, 0.1) is 6.92 Å². The van der Waals surface area contributed by atoms with Crippen LogP contribution in [-0.4, -0.2) is 30.1 Å². The number of thiophene rings is 1. The predicted octanol–water partition coefficient (Wildman–Crippen LogP) is 2.63. The second kappa shape index (κ2) is 5.30. The van der Waals surface area contributed by atoms with Crippen molar-refractivity contribution in [2.45, 2.75) is 45.8 Å². The van der Waals surface area contributed by atoms with E-state index >= 15 is 0 Å². The number of rotatable bonds is 3. The summed E-state index contributed by atoms with van der Waals surface area (Å²) in [7, 11) is 0. The molecular weight excluding hydrogens is 216 g/mol. The summed E-state index contributed by atoms with van der Waals surface area (Å²) in [5, 5.41) is 5.77. The molecule has 3 heteroatoms. The highest BCUT2D eigenvalue weighted by Gasteiger charge is 2.24. The van der Waals surface area contributed by atoms with Crippen molar-refractivity contribution < 1.29 is 0 Å². The minimum Gasteiger partial charge on any atom is -0.311 e. The van der Waals surface area contributed by atoms with Gasteiger partial charge in [0.25, 0.3) is 0 Å². The number of piperazine rings is 1. The Labute approximate surface area is 103 Å². The molecule has 1 N–H and O–H groups in total. The SMILES string of the molecule is CCC1CNC(C)CN1Cc1sccc1C. The molecule has 2 rings (SSSR count). The fraction of sp³-hybridized carbons (Fsp3) is 0.692. The largest absolute Gasteiger partial charge is 0.311 e. The normalized spacial score (nSPS) is 27.2. The Balaban J connectivity index is 2.03. The highest BCUT2D eigenvalue weighted by atomic mass is 32.1. The van der Waals surface area contributed by atoms with Crippen molar-refractivity contribution in [2.75, 3.05) is 13.1 Å². The molecule has 0 amide bonds. The van der Waals surface area contributed by atoms with Gasteiger partial charge in [0.05, 0.1) is 0 Å². The van der Waals surface area contributed by atoms with Crippen LogP contribution < -0.4 is 5.32 Å². The molecule has 0 radical (unpaired) electrons. The van der Waals surface area contributed by atoms with E-state index in [9.17, 15) is 0 Å². The zero-order valence-electron chi connectivity index (χ0n) is 10.5. The molecule has 16 heavy (non-hydrogen) atoms. The molecule has 1 aliphatic heterocycles. The zero-order valence-corrected chi connectivity index (χ0v) is 11.3. The number of hydrogen-bond donors (Lipinski definition) is 1. The van der Waals surface area contributed by atoms with Crippen molar-refractivity contribution in [3.63, 3.8) is 0 Å². The summed E-state index contributed by atoms with van der Waals surface area (Å²) in [6.07, 6.45) is 1.24. The van der Waals surface area contributed by atoms with Crippen molar-refractivity contribution in [1.82, 2.24) is 10.2 Å². The van der Waals surface area contributed by atoms with Crippen molar-refractivity contribution >= 4 is 11.3 Å². The van der Waals surface area contributed by atoms with E-state index in [1.54, 1.807) is 0 Å². The Bertz CT molecular complexity index is 334. The Kier molecular flexibility index (Phi) is 4.00. The second-order valence-corrected chi connectivity index (χ2v) is 5.83. The number of hydrogen-bond acceptors (Lipinski definition) is 3. The van der Waals surface area contributed by atoms with Gasteiger partial charge in [0.15, 0.2) is 0 Å². The quantitative estimate of drug-likeness (QED) is 0.871. The van der Waals surface area contributed by atoms with Crippen LogP contribution in [0.2, 0.25) is 0 Å². The molecule has 0 bridgehead atoms. The number of nitrogens with zero attached hydrogens (tertiary/aromatic N) is 1. The molecule has 1 aliphatic rings. The van der Waals surface area contributed by atoms with Crippen LogP contribution in [0.3, 0.4) is 0 Å². The number of aryl methyl sites for hydroxylation is 1. The van der Waals surface area contributed by atoms with Crippen molar-refractivity contribution in [3.8, 4) is 0 Å². The van der Waals surface area contributed by atoms with Gasteiger partial charge in [-0.05, 0) is 37.3 Å². The Morgan fingerprint density at radius 2 is 2.38 bits per heavy atom. The average Bonchev–Trinajstić information content (AvgIpc) is 2.65. The number of nitrogens with one attached hydrogen (secondary N) is 1. The maximum absolute atomic E-state index is 3.57. The molecule has 0 saturated carbocycles. The fourth-order valence-electron chi connectivity index (χ4n) is 2.38. The summed E-state index contributed by atoms with van der Waals surface area (Å²) >= 11 is 1.89. The molecule has 90 valence electrons. The van der Waals surface area contributed by atoms with Crippen LogP contribution in [-0.2, 0) is 6.54 Å². The molecule has 2 atom stereocenters. The Morgan fingerprint density at radius 3 is 3.00 bits per heavy atom. The molecule has 2 unspecified atom stereocenters. The van der Waals surface area contributed by atoms with Crippen LogP contribution in [0.5, 0.6) is 0 Å². The van der Waals surface area contributed by atoms with Gasteiger partial charge in [0.2, 0.25) is 0 Å². The summed E-state index contributed by atoms with van der Waals surface area (Å²) in [4.78, 5) is 4.17. The summed E-state index contributed by atoms with van der Waals surface area (Å²) < 4.78 is 0. The highest BCUT2D eigenvalue weighted by molar-refractivity contribution is 7.10. The molecule has 1 aromatic heterocycles. The minimum absolute atomic E-state index is 0.628. The molecule has 2 heterocycles. The standard InChI is InChI=1S/C13H22N2S/c1-4-12-7-14-11(3)8-15(12)9-13-10(2)5-6-16-13/h5-6,11-12,14H,4,7-9H2,1-3H3. The van der Waals surface area contributed by atoms with E-state index in [-0.39, 0.29) is 0 Å². The van der Waals surface area contributed by atoms with E-state index in [4.69, 9.17) is 0 Å². The molecule has 1 aromatic rings. The van der Waals surface area contributed by atoms with E-state index < -0.39 is 0 Å². The van der Waals surface area contributed by atoms with Crippen LogP contribution in [0.25, 0.3) is 0 Å². The molecular formula is C13H22N2S. The van der Waals surface area contributed by atoms with Gasteiger partial charge in [-0.25, -0.2) is 0 Å². The molecule has 0 spiro atoms. The first kappa shape index (κ1) is 12.1. The van der Waals surface area contributed by atoms with E-state index in [1.165, 1.54) is 23.4 Å². The molecule has 0 aromatic carbocycles. The lowest BCUT2D eigenvalue weighted by Gasteiger charge is -2.38. The third kappa shape index (κ3) is 2.65. The Hall–Kier alpha value is -0.380. The lowest BCUT2D eigenvalue weighted by molar-refractivity contribution is 0.125.